The Morgan fingerprint density at radius 2 is 1.00 bits per heavy atom. The van der Waals surface area contributed by atoms with Crippen LogP contribution in [0.2, 0.25) is 0 Å². The summed E-state index contributed by atoms with van der Waals surface area (Å²) < 4.78 is 0. The molecule has 0 bridgehead atoms. The summed E-state index contributed by atoms with van der Waals surface area (Å²) in [5.74, 6) is 0. The fourth-order valence-corrected chi connectivity index (χ4v) is 3.00. The maximum Gasteiger partial charge on any atom is -0.00219 e. The molecule has 0 nitrogen and oxygen atoms in total. The average Bonchev–Trinajstić information content (AvgIpc) is 1.94. The predicted octanol–water partition coefficient (Wildman–Crippen LogP) is 6.08. The van der Waals surface area contributed by atoms with Gasteiger partial charge in [-0.15, -0.1) is 0 Å². The smallest absolute Gasteiger partial charge is 0.00219 e. The molecule has 0 aliphatic carbocycles. The van der Waals surface area contributed by atoms with Crippen LogP contribution in [0, 0.1) is 21.7 Å². The van der Waals surface area contributed by atoms with Gasteiger partial charge in [0.05, 0.1) is 0 Å². The summed E-state index contributed by atoms with van der Waals surface area (Å²) in [5, 5.41) is 0. The number of allylic oxidation sites excluding steroid dienone is 1. The largest absolute Gasteiger partial charge is 0.0992 e. The minimum atomic E-state index is 0.146. The molecule has 0 saturated carbocycles. The Morgan fingerprint density at radius 3 is 1.18 bits per heavy atom. The van der Waals surface area contributed by atoms with Gasteiger partial charge >= 0.3 is 0 Å². The van der Waals surface area contributed by atoms with Crippen LogP contribution in [0.25, 0.3) is 0 Å². The Kier molecular flexibility index (Phi) is 4.38. The SMILES string of the molecule is C=C(CC(C)(C)C)C(C)(C(C)(C)C)C(C)(C)C. The van der Waals surface area contributed by atoms with Gasteiger partial charge in [0.1, 0.15) is 0 Å². The molecule has 0 amide bonds. The molecule has 0 aromatic heterocycles. The second-order valence-electron chi connectivity index (χ2n) is 8.97. The van der Waals surface area contributed by atoms with Crippen LogP contribution in [0.4, 0.5) is 0 Å². The van der Waals surface area contributed by atoms with Crippen LogP contribution in [0.15, 0.2) is 12.2 Å². The normalized spacial score (nSPS) is 14.9. The summed E-state index contributed by atoms with van der Waals surface area (Å²) >= 11 is 0. The topological polar surface area (TPSA) is 0 Å². The molecule has 0 heterocycles. The minimum absolute atomic E-state index is 0.146. The van der Waals surface area contributed by atoms with Crippen LogP contribution in [0.5, 0.6) is 0 Å². The molecule has 0 radical (unpaired) electrons. The van der Waals surface area contributed by atoms with Crippen LogP contribution in [-0.4, -0.2) is 0 Å². The molecule has 0 aliphatic heterocycles. The Balaban J connectivity index is 5.46. The van der Waals surface area contributed by atoms with Crippen LogP contribution in [0.1, 0.15) is 75.7 Å². The molecule has 0 aliphatic rings. The molecule has 0 fully saturated rings. The fourth-order valence-electron chi connectivity index (χ4n) is 3.00. The van der Waals surface area contributed by atoms with E-state index in [0.29, 0.717) is 5.41 Å². The van der Waals surface area contributed by atoms with E-state index < -0.39 is 0 Å². The predicted molar refractivity (Wildman–Crippen MR) is 80.2 cm³/mol. The lowest BCUT2D eigenvalue weighted by Crippen LogP contribution is -2.45. The first kappa shape index (κ1) is 16.7. The van der Waals surface area contributed by atoms with Crippen molar-refractivity contribution < 1.29 is 0 Å². The highest BCUT2D eigenvalue weighted by Gasteiger charge is 2.48. The van der Waals surface area contributed by atoms with Crippen molar-refractivity contribution >= 4 is 0 Å². The molecule has 0 aromatic carbocycles. The van der Waals surface area contributed by atoms with Crippen molar-refractivity contribution in [2.75, 3.05) is 0 Å². The third-order valence-corrected chi connectivity index (χ3v) is 4.45. The summed E-state index contributed by atoms with van der Waals surface area (Å²) in [6.07, 6.45) is 1.10. The van der Waals surface area contributed by atoms with Gasteiger partial charge in [-0.05, 0) is 28.1 Å². The first-order valence-electron chi connectivity index (χ1n) is 6.81. The fraction of sp³-hybridized carbons (Fsp3) is 0.882. The summed E-state index contributed by atoms with van der Waals surface area (Å²) in [4.78, 5) is 0. The van der Waals surface area contributed by atoms with Crippen molar-refractivity contribution in [3.05, 3.63) is 12.2 Å². The Bertz CT molecular complexity index is 259. The first-order valence-corrected chi connectivity index (χ1v) is 6.81. The van der Waals surface area contributed by atoms with Crippen molar-refractivity contribution in [1.82, 2.24) is 0 Å². The van der Waals surface area contributed by atoms with Gasteiger partial charge in [0.15, 0.2) is 0 Å². The van der Waals surface area contributed by atoms with E-state index in [2.05, 4.69) is 75.8 Å². The zero-order valence-electron chi connectivity index (χ0n) is 13.9. The number of hydrogen-bond donors (Lipinski definition) is 0. The van der Waals surface area contributed by atoms with Crippen molar-refractivity contribution in [1.29, 1.82) is 0 Å². The molecule has 0 aromatic rings. The summed E-state index contributed by atoms with van der Waals surface area (Å²) in [5.41, 5.74) is 2.31. The van der Waals surface area contributed by atoms with E-state index in [1.165, 1.54) is 5.57 Å². The molecule has 0 N–H and O–H groups in total. The van der Waals surface area contributed by atoms with E-state index in [1.807, 2.05) is 0 Å². The Hall–Kier alpha value is -0.260. The van der Waals surface area contributed by atoms with E-state index in [9.17, 15) is 0 Å². The zero-order valence-corrected chi connectivity index (χ0v) is 13.9. The molecule has 0 rings (SSSR count). The molecular formula is C17H34. The average molecular weight is 238 g/mol. The highest BCUT2D eigenvalue weighted by atomic mass is 14.5. The van der Waals surface area contributed by atoms with E-state index in [0.717, 1.165) is 6.42 Å². The lowest BCUT2D eigenvalue weighted by atomic mass is 9.51. The summed E-state index contributed by atoms with van der Waals surface area (Å²) in [7, 11) is 0. The van der Waals surface area contributed by atoms with Crippen LogP contribution in [-0.2, 0) is 0 Å². The summed E-state index contributed by atoms with van der Waals surface area (Å²) in [6.45, 7) is 27.8. The van der Waals surface area contributed by atoms with Gasteiger partial charge in [-0.25, -0.2) is 0 Å². The van der Waals surface area contributed by atoms with Gasteiger partial charge in [-0.2, -0.15) is 0 Å². The van der Waals surface area contributed by atoms with Gasteiger partial charge < -0.3 is 0 Å². The first-order chi connectivity index (χ1) is 7.13. The standard InChI is InChI=1S/C17H34/c1-13(12-14(2,3)4)17(11,15(5,6)7)16(8,9)10/h1,12H2,2-11H3. The van der Waals surface area contributed by atoms with E-state index >= 15 is 0 Å². The van der Waals surface area contributed by atoms with Gasteiger partial charge in [0, 0.05) is 0 Å². The van der Waals surface area contributed by atoms with E-state index in [4.69, 9.17) is 0 Å². The Labute approximate surface area is 110 Å². The molecular weight excluding hydrogens is 204 g/mol. The van der Waals surface area contributed by atoms with Crippen LogP contribution in [0.3, 0.4) is 0 Å². The van der Waals surface area contributed by atoms with Crippen molar-refractivity contribution in [2.45, 2.75) is 75.7 Å². The van der Waals surface area contributed by atoms with Gasteiger partial charge in [0.2, 0.25) is 0 Å². The van der Waals surface area contributed by atoms with Gasteiger partial charge in [0.25, 0.3) is 0 Å². The molecule has 0 atom stereocenters. The monoisotopic (exact) mass is 238 g/mol. The molecule has 0 unspecified atom stereocenters. The second kappa shape index (κ2) is 4.44. The van der Waals surface area contributed by atoms with Crippen LogP contribution >= 0.6 is 0 Å². The molecule has 17 heavy (non-hydrogen) atoms. The van der Waals surface area contributed by atoms with Crippen LogP contribution < -0.4 is 0 Å². The Morgan fingerprint density at radius 1 is 0.706 bits per heavy atom. The lowest BCUT2D eigenvalue weighted by Gasteiger charge is -2.54. The molecule has 0 spiro atoms. The highest BCUT2D eigenvalue weighted by Crippen LogP contribution is 2.57. The highest BCUT2D eigenvalue weighted by molar-refractivity contribution is 5.19. The van der Waals surface area contributed by atoms with Gasteiger partial charge in [-0.3, -0.25) is 0 Å². The molecule has 102 valence electrons. The second-order valence-corrected chi connectivity index (χ2v) is 8.97. The maximum absolute atomic E-state index is 4.45. The maximum atomic E-state index is 4.45. The van der Waals surface area contributed by atoms with Crippen molar-refractivity contribution in [2.24, 2.45) is 21.7 Å². The molecule has 0 saturated heterocycles. The van der Waals surface area contributed by atoms with Crippen molar-refractivity contribution in [3.8, 4) is 0 Å². The van der Waals surface area contributed by atoms with Crippen molar-refractivity contribution in [3.63, 3.8) is 0 Å². The summed E-state index contributed by atoms with van der Waals surface area (Å²) in [6, 6.07) is 0. The number of hydrogen-bond acceptors (Lipinski definition) is 0. The molecule has 0 heteroatoms. The van der Waals surface area contributed by atoms with Gasteiger partial charge in [-0.1, -0.05) is 81.4 Å². The zero-order chi connectivity index (χ0) is 14.3. The van der Waals surface area contributed by atoms with E-state index in [1.54, 1.807) is 0 Å². The third-order valence-electron chi connectivity index (χ3n) is 4.45. The minimum Gasteiger partial charge on any atom is -0.0992 e. The number of rotatable bonds is 2. The van der Waals surface area contributed by atoms with E-state index in [-0.39, 0.29) is 16.2 Å². The lowest BCUT2D eigenvalue weighted by molar-refractivity contribution is 0.0176. The third kappa shape index (κ3) is 3.60. The quantitative estimate of drug-likeness (QED) is 0.512.